The van der Waals surface area contributed by atoms with Gasteiger partial charge in [-0.15, -0.1) is 11.3 Å². The van der Waals surface area contributed by atoms with E-state index in [-0.39, 0.29) is 0 Å². The van der Waals surface area contributed by atoms with Gasteiger partial charge in [0.2, 0.25) is 6.79 Å². The van der Waals surface area contributed by atoms with Crippen LogP contribution in [-0.4, -0.2) is 30.5 Å². The summed E-state index contributed by atoms with van der Waals surface area (Å²) in [5, 5.41) is 6.63. The highest BCUT2D eigenvalue weighted by Crippen LogP contribution is 2.36. The van der Waals surface area contributed by atoms with Crippen LogP contribution in [0.4, 0.5) is 0 Å². The lowest BCUT2D eigenvalue weighted by atomic mass is 10.1. The van der Waals surface area contributed by atoms with Gasteiger partial charge in [0.15, 0.2) is 11.5 Å². The molecule has 2 unspecified atom stereocenters. The number of hydrogen-bond donors (Lipinski definition) is 1. The van der Waals surface area contributed by atoms with E-state index in [2.05, 4.69) is 17.6 Å². The molecule has 2 aromatic rings. The van der Waals surface area contributed by atoms with Crippen molar-refractivity contribution >= 4 is 11.3 Å². The van der Waals surface area contributed by atoms with Crippen LogP contribution in [-0.2, 0) is 11.3 Å². The van der Waals surface area contributed by atoms with Gasteiger partial charge in [0.05, 0.1) is 11.8 Å². The zero-order valence-electron chi connectivity index (χ0n) is 13.1. The highest BCUT2D eigenvalue weighted by molar-refractivity contribution is 7.13. The molecule has 2 atom stereocenters. The third-order valence-corrected chi connectivity index (χ3v) is 5.24. The summed E-state index contributed by atoms with van der Waals surface area (Å²) < 4.78 is 16.5. The SMILES string of the molecule is CC(NCc1csc(-c2ccc3c(c2)OCO3)n1)C1CCCO1. The topological polar surface area (TPSA) is 52.6 Å². The minimum atomic E-state index is 0.299. The van der Waals surface area contributed by atoms with Crippen LogP contribution in [0.25, 0.3) is 10.6 Å². The van der Waals surface area contributed by atoms with Gasteiger partial charge in [-0.1, -0.05) is 0 Å². The molecule has 6 heteroatoms. The second-order valence-corrected chi connectivity index (χ2v) is 6.79. The minimum Gasteiger partial charge on any atom is -0.454 e. The molecule has 1 saturated heterocycles. The minimum absolute atomic E-state index is 0.299. The number of nitrogens with one attached hydrogen (secondary N) is 1. The van der Waals surface area contributed by atoms with Gasteiger partial charge in [0, 0.05) is 30.1 Å². The van der Waals surface area contributed by atoms with Crippen molar-refractivity contribution in [3.8, 4) is 22.1 Å². The largest absolute Gasteiger partial charge is 0.454 e. The van der Waals surface area contributed by atoms with E-state index in [0.717, 1.165) is 47.3 Å². The van der Waals surface area contributed by atoms with Crippen LogP contribution in [0.2, 0.25) is 0 Å². The fourth-order valence-corrected chi connectivity index (χ4v) is 3.76. The van der Waals surface area contributed by atoms with E-state index in [1.165, 1.54) is 6.42 Å². The quantitative estimate of drug-likeness (QED) is 0.911. The number of aromatic nitrogens is 1. The molecule has 0 aliphatic carbocycles. The fraction of sp³-hybridized carbons (Fsp3) is 0.471. The summed E-state index contributed by atoms with van der Waals surface area (Å²) in [5.41, 5.74) is 2.13. The van der Waals surface area contributed by atoms with Gasteiger partial charge >= 0.3 is 0 Å². The number of hydrogen-bond acceptors (Lipinski definition) is 6. The van der Waals surface area contributed by atoms with E-state index in [0.29, 0.717) is 18.9 Å². The smallest absolute Gasteiger partial charge is 0.231 e. The van der Waals surface area contributed by atoms with E-state index in [1.54, 1.807) is 11.3 Å². The molecule has 1 N–H and O–H groups in total. The first-order valence-corrected chi connectivity index (χ1v) is 8.87. The first kappa shape index (κ1) is 14.9. The van der Waals surface area contributed by atoms with E-state index < -0.39 is 0 Å². The molecule has 1 aromatic carbocycles. The van der Waals surface area contributed by atoms with Crippen molar-refractivity contribution in [2.75, 3.05) is 13.4 Å². The summed E-state index contributed by atoms with van der Waals surface area (Å²) in [6.45, 7) is 4.14. The molecule has 0 amide bonds. The lowest BCUT2D eigenvalue weighted by Gasteiger charge is -2.19. The molecule has 0 bridgehead atoms. The van der Waals surface area contributed by atoms with Crippen molar-refractivity contribution in [2.45, 2.75) is 38.5 Å². The van der Waals surface area contributed by atoms with E-state index in [1.807, 2.05) is 18.2 Å². The Bertz CT molecular complexity index is 682. The Morgan fingerprint density at radius 1 is 1.35 bits per heavy atom. The Kier molecular flexibility index (Phi) is 4.20. The summed E-state index contributed by atoms with van der Waals surface area (Å²) in [5.74, 6) is 1.60. The van der Waals surface area contributed by atoms with Crippen LogP contribution in [0.3, 0.4) is 0 Å². The molecule has 4 rings (SSSR count). The maximum atomic E-state index is 5.71. The summed E-state index contributed by atoms with van der Waals surface area (Å²) in [4.78, 5) is 4.72. The lowest BCUT2D eigenvalue weighted by molar-refractivity contribution is 0.0831. The van der Waals surface area contributed by atoms with Gasteiger partial charge < -0.3 is 19.5 Å². The Hall–Kier alpha value is -1.63. The predicted octanol–water partition coefficient (Wildman–Crippen LogP) is 3.20. The van der Waals surface area contributed by atoms with Crippen LogP contribution in [0, 0.1) is 0 Å². The highest BCUT2D eigenvalue weighted by atomic mass is 32.1. The molecule has 5 nitrogen and oxygen atoms in total. The van der Waals surface area contributed by atoms with Crippen molar-refractivity contribution in [3.63, 3.8) is 0 Å². The van der Waals surface area contributed by atoms with Gasteiger partial charge in [-0.25, -0.2) is 4.98 Å². The monoisotopic (exact) mass is 332 g/mol. The first-order valence-electron chi connectivity index (χ1n) is 7.99. The van der Waals surface area contributed by atoms with Crippen molar-refractivity contribution < 1.29 is 14.2 Å². The second kappa shape index (κ2) is 6.47. The molecule has 2 aliphatic heterocycles. The molecule has 1 fully saturated rings. The Labute approximate surface area is 139 Å². The van der Waals surface area contributed by atoms with E-state index in [9.17, 15) is 0 Å². The number of benzene rings is 1. The van der Waals surface area contributed by atoms with Gasteiger partial charge in [-0.3, -0.25) is 0 Å². The average Bonchev–Trinajstić information content (AvgIpc) is 3.32. The Morgan fingerprint density at radius 3 is 3.13 bits per heavy atom. The van der Waals surface area contributed by atoms with Crippen LogP contribution in [0.1, 0.15) is 25.5 Å². The summed E-state index contributed by atoms with van der Waals surface area (Å²) in [7, 11) is 0. The van der Waals surface area contributed by atoms with Crippen LogP contribution in [0.5, 0.6) is 11.5 Å². The molecular weight excluding hydrogens is 312 g/mol. The standard InChI is InChI=1S/C17H20N2O3S/c1-11(14-3-2-6-20-14)18-8-13-9-23-17(19-13)12-4-5-15-16(7-12)22-10-21-15/h4-5,7,9,11,14,18H,2-3,6,8,10H2,1H3. The molecular formula is C17H20N2O3S. The molecule has 122 valence electrons. The van der Waals surface area contributed by atoms with Crippen molar-refractivity contribution in [3.05, 3.63) is 29.3 Å². The van der Waals surface area contributed by atoms with E-state index >= 15 is 0 Å². The molecule has 0 saturated carbocycles. The average molecular weight is 332 g/mol. The molecule has 3 heterocycles. The molecule has 23 heavy (non-hydrogen) atoms. The fourth-order valence-electron chi connectivity index (χ4n) is 2.94. The normalized spacial score (nSPS) is 20.8. The van der Waals surface area contributed by atoms with Gasteiger partial charge in [0.1, 0.15) is 5.01 Å². The summed E-state index contributed by atoms with van der Waals surface area (Å²) in [6, 6.07) is 6.32. The molecule has 0 radical (unpaired) electrons. The zero-order chi connectivity index (χ0) is 15.6. The second-order valence-electron chi connectivity index (χ2n) is 5.93. The van der Waals surface area contributed by atoms with Crippen molar-refractivity contribution in [2.24, 2.45) is 0 Å². The van der Waals surface area contributed by atoms with Crippen molar-refractivity contribution in [1.29, 1.82) is 0 Å². The third kappa shape index (κ3) is 3.20. The van der Waals surface area contributed by atoms with Crippen LogP contribution >= 0.6 is 11.3 Å². The van der Waals surface area contributed by atoms with E-state index in [4.69, 9.17) is 19.2 Å². The summed E-state index contributed by atoms with van der Waals surface area (Å²) in [6.07, 6.45) is 2.65. The third-order valence-electron chi connectivity index (χ3n) is 4.30. The number of ether oxygens (including phenoxy) is 3. The van der Waals surface area contributed by atoms with Crippen LogP contribution < -0.4 is 14.8 Å². The highest BCUT2D eigenvalue weighted by Gasteiger charge is 2.22. The molecule has 2 aliphatic rings. The molecule has 1 aromatic heterocycles. The lowest BCUT2D eigenvalue weighted by Crippen LogP contribution is -2.36. The summed E-state index contributed by atoms with van der Waals surface area (Å²) >= 11 is 1.65. The Morgan fingerprint density at radius 2 is 2.26 bits per heavy atom. The van der Waals surface area contributed by atoms with Gasteiger partial charge in [-0.2, -0.15) is 0 Å². The maximum Gasteiger partial charge on any atom is 0.231 e. The van der Waals surface area contributed by atoms with Gasteiger partial charge in [-0.05, 0) is 38.0 Å². The molecule has 0 spiro atoms. The Balaban J connectivity index is 1.40. The predicted molar refractivity (Wildman–Crippen MR) is 88.9 cm³/mol. The number of thiazole rings is 1. The number of rotatable bonds is 5. The maximum absolute atomic E-state index is 5.71. The van der Waals surface area contributed by atoms with Crippen LogP contribution in [0.15, 0.2) is 23.6 Å². The van der Waals surface area contributed by atoms with Gasteiger partial charge in [0.25, 0.3) is 0 Å². The number of nitrogens with zero attached hydrogens (tertiary/aromatic N) is 1. The zero-order valence-corrected chi connectivity index (χ0v) is 13.9. The first-order chi connectivity index (χ1) is 11.3. The van der Waals surface area contributed by atoms with Crippen molar-refractivity contribution in [1.82, 2.24) is 10.3 Å². The number of fused-ring (bicyclic) bond motifs is 1.